The normalized spacial score (nSPS) is 34.4. The SMILES string of the molecule is CO[C@@H]1O[C@@H]2CO[Si](C(C)C)(C(C)C)O[Si](C(C)C)(C(C)C)O[C@H]2[C@H]1O. The second kappa shape index (κ2) is 8.28. The number of rotatable bonds is 5. The molecule has 1 N–H and O–H groups in total. The second-order valence-corrected chi connectivity index (χ2v) is 17.7. The Bertz CT molecular complexity index is 455. The van der Waals surface area contributed by atoms with Crippen molar-refractivity contribution in [1.29, 1.82) is 0 Å². The highest BCUT2D eigenvalue weighted by Gasteiger charge is 2.61. The van der Waals surface area contributed by atoms with Gasteiger partial charge in [0.1, 0.15) is 18.3 Å². The van der Waals surface area contributed by atoms with E-state index in [1.165, 1.54) is 0 Å². The Labute approximate surface area is 161 Å². The number of aliphatic hydroxyl groups excluding tert-OH is 1. The molecule has 4 atom stereocenters. The number of hydrogen-bond acceptors (Lipinski definition) is 6. The predicted molar refractivity (Wildman–Crippen MR) is 105 cm³/mol. The van der Waals surface area contributed by atoms with Crippen molar-refractivity contribution in [1.82, 2.24) is 0 Å². The molecule has 0 amide bonds. The Morgan fingerprint density at radius 2 is 1.38 bits per heavy atom. The van der Waals surface area contributed by atoms with Crippen LogP contribution in [0.4, 0.5) is 0 Å². The molecule has 0 unspecified atom stereocenters. The van der Waals surface area contributed by atoms with E-state index in [4.69, 9.17) is 22.4 Å². The van der Waals surface area contributed by atoms with Gasteiger partial charge in [-0.1, -0.05) is 55.4 Å². The summed E-state index contributed by atoms with van der Waals surface area (Å²) in [6, 6.07) is 0. The Kier molecular flexibility index (Phi) is 7.16. The minimum Gasteiger partial charge on any atom is -0.414 e. The summed E-state index contributed by atoms with van der Waals surface area (Å²) in [5, 5.41) is 10.7. The van der Waals surface area contributed by atoms with Crippen molar-refractivity contribution >= 4 is 17.1 Å². The lowest BCUT2D eigenvalue weighted by Crippen LogP contribution is -2.65. The standard InChI is InChI=1S/C18H38O6Si2/c1-11(2)25(12(3)4)21-10-15-17(16(19)18(20-9)22-15)23-26(24-25,13(5)6)14(7)8/h11-19H,10H2,1-9H3/t15-,16-,17-,18-/m1/s1. The van der Waals surface area contributed by atoms with Crippen molar-refractivity contribution in [2.24, 2.45) is 0 Å². The fourth-order valence-electron chi connectivity index (χ4n) is 4.32. The maximum Gasteiger partial charge on any atom is 0.335 e. The molecule has 0 aromatic carbocycles. The van der Waals surface area contributed by atoms with Crippen molar-refractivity contribution in [3.8, 4) is 0 Å². The monoisotopic (exact) mass is 406 g/mol. The van der Waals surface area contributed by atoms with Crippen LogP contribution in [0.15, 0.2) is 0 Å². The smallest absolute Gasteiger partial charge is 0.335 e. The molecule has 2 rings (SSSR count). The van der Waals surface area contributed by atoms with E-state index in [-0.39, 0.29) is 28.3 Å². The zero-order chi connectivity index (χ0) is 19.9. The maximum atomic E-state index is 10.7. The minimum atomic E-state index is -2.71. The largest absolute Gasteiger partial charge is 0.414 e. The summed E-state index contributed by atoms with van der Waals surface area (Å²) in [6.45, 7) is 17.8. The van der Waals surface area contributed by atoms with E-state index in [1.807, 2.05) is 0 Å². The lowest BCUT2D eigenvalue weighted by molar-refractivity contribution is -0.152. The van der Waals surface area contributed by atoms with E-state index in [0.29, 0.717) is 6.61 Å². The summed E-state index contributed by atoms with van der Waals surface area (Å²) >= 11 is 0. The molecule has 0 aromatic heterocycles. The van der Waals surface area contributed by atoms with Gasteiger partial charge in [-0.25, -0.2) is 0 Å². The van der Waals surface area contributed by atoms with Crippen molar-refractivity contribution in [2.75, 3.05) is 13.7 Å². The molecule has 0 aromatic rings. The number of aliphatic hydroxyl groups is 1. The van der Waals surface area contributed by atoms with E-state index < -0.39 is 35.6 Å². The lowest BCUT2D eigenvalue weighted by Gasteiger charge is -2.51. The summed E-state index contributed by atoms with van der Waals surface area (Å²) in [4.78, 5) is 0. The summed E-state index contributed by atoms with van der Waals surface area (Å²) < 4.78 is 31.6. The van der Waals surface area contributed by atoms with Crippen LogP contribution >= 0.6 is 0 Å². The van der Waals surface area contributed by atoms with Crippen molar-refractivity contribution in [3.05, 3.63) is 0 Å². The topological polar surface area (TPSA) is 66.4 Å². The summed E-state index contributed by atoms with van der Waals surface area (Å²) in [5.74, 6) is 0. The van der Waals surface area contributed by atoms with Gasteiger partial charge in [0, 0.05) is 7.11 Å². The second-order valence-electron chi connectivity index (χ2n) is 8.83. The molecule has 2 heterocycles. The molecule has 8 heteroatoms. The van der Waals surface area contributed by atoms with Gasteiger partial charge in [-0.2, -0.15) is 0 Å². The van der Waals surface area contributed by atoms with Gasteiger partial charge in [-0.15, -0.1) is 0 Å². The third-order valence-electron chi connectivity index (χ3n) is 5.85. The summed E-state index contributed by atoms with van der Waals surface area (Å²) in [6.07, 6.45) is -2.35. The van der Waals surface area contributed by atoms with Crippen LogP contribution in [0.5, 0.6) is 0 Å². The molecule has 0 saturated carbocycles. The molecule has 0 spiro atoms. The number of ether oxygens (including phenoxy) is 2. The van der Waals surface area contributed by atoms with Gasteiger partial charge in [0.25, 0.3) is 0 Å². The van der Waals surface area contributed by atoms with Gasteiger partial charge in [0.15, 0.2) is 6.29 Å². The first-order chi connectivity index (χ1) is 12.0. The van der Waals surface area contributed by atoms with E-state index in [9.17, 15) is 5.11 Å². The van der Waals surface area contributed by atoms with Crippen LogP contribution in [0, 0.1) is 0 Å². The van der Waals surface area contributed by atoms with Gasteiger partial charge in [-0.05, 0) is 22.2 Å². The number of fused-ring (bicyclic) bond motifs is 1. The van der Waals surface area contributed by atoms with Crippen LogP contribution in [0.2, 0.25) is 22.2 Å². The van der Waals surface area contributed by atoms with Crippen LogP contribution in [-0.4, -0.2) is 60.5 Å². The number of methoxy groups -OCH3 is 1. The predicted octanol–water partition coefficient (Wildman–Crippen LogP) is 3.68. The van der Waals surface area contributed by atoms with E-state index >= 15 is 0 Å². The molecular weight excluding hydrogens is 368 g/mol. The third-order valence-corrected chi connectivity index (χ3v) is 16.1. The lowest BCUT2D eigenvalue weighted by atomic mass is 10.1. The quantitative estimate of drug-likeness (QED) is 0.703. The Balaban J connectivity index is 2.52. The Hall–Kier alpha value is 0.194. The molecule has 0 aliphatic carbocycles. The molecule has 2 fully saturated rings. The van der Waals surface area contributed by atoms with Gasteiger partial charge in [0.05, 0.1) is 6.61 Å². The first kappa shape index (κ1) is 22.5. The van der Waals surface area contributed by atoms with Crippen LogP contribution in [0.1, 0.15) is 55.4 Å². The molecule has 0 bridgehead atoms. The molecular formula is C18H38O6Si2. The molecule has 26 heavy (non-hydrogen) atoms. The van der Waals surface area contributed by atoms with Crippen LogP contribution in [0.3, 0.4) is 0 Å². The van der Waals surface area contributed by atoms with Crippen molar-refractivity contribution < 1.29 is 27.5 Å². The van der Waals surface area contributed by atoms with Crippen LogP contribution < -0.4 is 0 Å². The molecule has 154 valence electrons. The molecule has 2 aliphatic heterocycles. The molecule has 2 aliphatic rings. The highest BCUT2D eigenvalue weighted by molar-refractivity contribution is 6.83. The fourth-order valence-corrected chi connectivity index (χ4v) is 15.5. The highest BCUT2D eigenvalue weighted by atomic mass is 28.5. The van der Waals surface area contributed by atoms with Crippen LogP contribution in [0.25, 0.3) is 0 Å². The first-order valence-corrected chi connectivity index (χ1v) is 13.8. The van der Waals surface area contributed by atoms with Gasteiger partial charge in [-0.3, -0.25) is 0 Å². The van der Waals surface area contributed by atoms with Crippen LogP contribution in [-0.2, 0) is 22.4 Å². The fraction of sp³-hybridized carbons (Fsp3) is 1.00. The van der Waals surface area contributed by atoms with E-state index in [0.717, 1.165) is 0 Å². The molecule has 0 radical (unpaired) electrons. The third kappa shape index (κ3) is 3.71. The zero-order valence-electron chi connectivity index (χ0n) is 17.8. The van der Waals surface area contributed by atoms with Gasteiger partial charge >= 0.3 is 17.1 Å². The molecule has 6 nitrogen and oxygen atoms in total. The van der Waals surface area contributed by atoms with Crippen molar-refractivity contribution in [2.45, 2.75) is 102 Å². The van der Waals surface area contributed by atoms with Gasteiger partial charge in [0.2, 0.25) is 0 Å². The van der Waals surface area contributed by atoms with Crippen molar-refractivity contribution in [3.63, 3.8) is 0 Å². The number of hydrogen-bond donors (Lipinski definition) is 1. The zero-order valence-corrected chi connectivity index (χ0v) is 19.8. The Morgan fingerprint density at radius 1 is 0.885 bits per heavy atom. The maximum absolute atomic E-state index is 10.7. The highest BCUT2D eigenvalue weighted by Crippen LogP contribution is 2.47. The Morgan fingerprint density at radius 3 is 1.81 bits per heavy atom. The minimum absolute atomic E-state index is 0.225. The van der Waals surface area contributed by atoms with Gasteiger partial charge < -0.3 is 27.5 Å². The first-order valence-electron chi connectivity index (χ1n) is 9.90. The van der Waals surface area contributed by atoms with E-state index in [2.05, 4.69) is 55.4 Å². The van der Waals surface area contributed by atoms with E-state index in [1.54, 1.807) is 7.11 Å². The average Bonchev–Trinajstić information content (AvgIpc) is 2.81. The average molecular weight is 407 g/mol. The summed E-state index contributed by atoms with van der Waals surface area (Å²) in [5.41, 5.74) is 1.03. The summed E-state index contributed by atoms with van der Waals surface area (Å²) in [7, 11) is -3.73. The molecule has 2 saturated heterocycles.